The minimum Gasteiger partial charge on any atom is -0.478 e. The Balaban J connectivity index is 2.70. The molecular formula is C10H15N3O4S. The van der Waals surface area contributed by atoms with E-state index in [2.05, 4.69) is 5.32 Å². The van der Waals surface area contributed by atoms with Gasteiger partial charge >= 0.3 is 5.97 Å². The van der Waals surface area contributed by atoms with Crippen LogP contribution in [0.2, 0.25) is 0 Å². The Kier molecular flexibility index (Phi) is 4.51. The number of benzene rings is 1. The zero-order chi connectivity index (χ0) is 13.8. The second-order valence-corrected chi connectivity index (χ2v) is 5.46. The summed E-state index contributed by atoms with van der Waals surface area (Å²) in [7, 11) is -3.50. The van der Waals surface area contributed by atoms with Gasteiger partial charge in [-0.25, -0.2) is 18.4 Å². The van der Waals surface area contributed by atoms with Crippen molar-refractivity contribution in [2.24, 2.45) is 5.14 Å². The Labute approximate surface area is 105 Å². The maximum Gasteiger partial charge on any atom is 0.337 e. The van der Waals surface area contributed by atoms with Crippen molar-refractivity contribution in [2.75, 3.05) is 23.3 Å². The first-order valence-electron chi connectivity index (χ1n) is 5.17. The highest BCUT2D eigenvalue weighted by Crippen LogP contribution is 2.23. The van der Waals surface area contributed by atoms with Crippen LogP contribution < -0.4 is 16.2 Å². The number of nitrogens with two attached hydrogens (primary N) is 2. The van der Waals surface area contributed by atoms with E-state index in [-0.39, 0.29) is 24.3 Å². The minimum atomic E-state index is -3.50. The number of aromatic carboxylic acids is 1. The summed E-state index contributed by atoms with van der Waals surface area (Å²) in [5.41, 5.74) is 6.29. The fourth-order valence-corrected chi connectivity index (χ4v) is 1.98. The zero-order valence-electron chi connectivity index (χ0n) is 9.59. The summed E-state index contributed by atoms with van der Waals surface area (Å²) >= 11 is 0. The molecule has 0 fully saturated rings. The lowest BCUT2D eigenvalue weighted by Crippen LogP contribution is -2.19. The van der Waals surface area contributed by atoms with E-state index in [1.165, 1.54) is 12.1 Å². The molecule has 18 heavy (non-hydrogen) atoms. The van der Waals surface area contributed by atoms with E-state index < -0.39 is 16.0 Å². The number of carbonyl (C=O) groups is 1. The molecule has 0 aromatic heterocycles. The number of carboxylic acid groups (broad SMARTS) is 1. The predicted molar refractivity (Wildman–Crippen MR) is 68.9 cm³/mol. The van der Waals surface area contributed by atoms with Crippen molar-refractivity contribution in [3.05, 3.63) is 23.8 Å². The van der Waals surface area contributed by atoms with E-state index in [1.807, 2.05) is 0 Å². The molecule has 0 aliphatic heterocycles. The Morgan fingerprint density at radius 2 is 2.06 bits per heavy atom. The van der Waals surface area contributed by atoms with E-state index in [1.54, 1.807) is 6.07 Å². The third-order valence-corrected chi connectivity index (χ3v) is 3.09. The van der Waals surface area contributed by atoms with Gasteiger partial charge in [0, 0.05) is 6.54 Å². The van der Waals surface area contributed by atoms with Gasteiger partial charge in [0.15, 0.2) is 0 Å². The van der Waals surface area contributed by atoms with Crippen LogP contribution in [-0.4, -0.2) is 31.8 Å². The lowest BCUT2D eigenvalue weighted by molar-refractivity contribution is 0.0698. The summed E-state index contributed by atoms with van der Waals surface area (Å²) in [5.74, 6) is -1.27. The van der Waals surface area contributed by atoms with Gasteiger partial charge in [-0.1, -0.05) is 6.07 Å². The number of carboxylic acids is 1. The highest BCUT2D eigenvalue weighted by atomic mass is 32.2. The minimum absolute atomic E-state index is 0.0469. The first kappa shape index (κ1) is 14.3. The summed E-state index contributed by atoms with van der Waals surface area (Å²) in [5, 5.41) is 16.6. The number of nitrogens with one attached hydrogen (secondary N) is 1. The molecule has 6 N–H and O–H groups in total. The molecule has 8 heteroatoms. The van der Waals surface area contributed by atoms with E-state index in [4.69, 9.17) is 16.0 Å². The molecule has 0 aliphatic rings. The molecule has 7 nitrogen and oxygen atoms in total. The van der Waals surface area contributed by atoms with Gasteiger partial charge in [0.25, 0.3) is 0 Å². The second kappa shape index (κ2) is 5.69. The summed E-state index contributed by atoms with van der Waals surface area (Å²) in [6.45, 7) is 0.269. The Bertz CT molecular complexity index is 542. The predicted octanol–water partition coefficient (Wildman–Crippen LogP) is 0.0575. The maximum atomic E-state index is 11.0. The molecule has 100 valence electrons. The van der Waals surface area contributed by atoms with Crippen molar-refractivity contribution < 1.29 is 18.3 Å². The summed E-state index contributed by atoms with van der Waals surface area (Å²) in [6.07, 6.45) is 0.270. The van der Waals surface area contributed by atoms with Gasteiger partial charge in [-0.3, -0.25) is 0 Å². The van der Waals surface area contributed by atoms with Gasteiger partial charge in [-0.2, -0.15) is 0 Å². The molecule has 0 atom stereocenters. The number of anilines is 2. The maximum absolute atomic E-state index is 11.0. The number of hydrogen-bond acceptors (Lipinski definition) is 5. The van der Waals surface area contributed by atoms with Gasteiger partial charge in [0.1, 0.15) is 0 Å². The first-order valence-corrected chi connectivity index (χ1v) is 6.89. The van der Waals surface area contributed by atoms with E-state index in [9.17, 15) is 13.2 Å². The lowest BCUT2D eigenvalue weighted by Gasteiger charge is -2.11. The third-order valence-electron chi connectivity index (χ3n) is 2.23. The molecule has 0 bridgehead atoms. The van der Waals surface area contributed by atoms with E-state index >= 15 is 0 Å². The van der Waals surface area contributed by atoms with Crippen LogP contribution >= 0.6 is 0 Å². The van der Waals surface area contributed by atoms with Crippen LogP contribution in [0.3, 0.4) is 0 Å². The van der Waals surface area contributed by atoms with Gasteiger partial charge in [0.05, 0.1) is 22.7 Å². The van der Waals surface area contributed by atoms with Gasteiger partial charge in [-0.15, -0.1) is 0 Å². The van der Waals surface area contributed by atoms with Crippen molar-refractivity contribution in [3.8, 4) is 0 Å². The van der Waals surface area contributed by atoms with Gasteiger partial charge in [-0.05, 0) is 18.6 Å². The van der Waals surface area contributed by atoms with Gasteiger partial charge in [0.2, 0.25) is 10.0 Å². The topological polar surface area (TPSA) is 136 Å². The normalized spacial score (nSPS) is 11.2. The smallest absolute Gasteiger partial charge is 0.337 e. The van der Waals surface area contributed by atoms with Crippen molar-refractivity contribution in [1.82, 2.24) is 0 Å². The number of sulfonamides is 1. The van der Waals surface area contributed by atoms with E-state index in [0.29, 0.717) is 11.4 Å². The lowest BCUT2D eigenvalue weighted by atomic mass is 10.1. The fraction of sp³-hybridized carbons (Fsp3) is 0.300. The zero-order valence-corrected chi connectivity index (χ0v) is 10.4. The highest BCUT2D eigenvalue weighted by molar-refractivity contribution is 7.89. The van der Waals surface area contributed by atoms with Crippen molar-refractivity contribution >= 4 is 27.4 Å². The Hall–Kier alpha value is -1.80. The number of hydrogen-bond donors (Lipinski definition) is 4. The third kappa shape index (κ3) is 4.22. The molecule has 0 spiro atoms. The summed E-state index contributed by atoms with van der Waals surface area (Å²) in [6, 6.07) is 4.52. The Morgan fingerprint density at radius 1 is 1.39 bits per heavy atom. The van der Waals surface area contributed by atoms with Crippen LogP contribution in [0.4, 0.5) is 11.4 Å². The largest absolute Gasteiger partial charge is 0.478 e. The van der Waals surface area contributed by atoms with Crippen LogP contribution in [0.5, 0.6) is 0 Å². The molecule has 0 saturated carbocycles. The van der Waals surface area contributed by atoms with E-state index in [0.717, 1.165) is 0 Å². The fourth-order valence-electron chi connectivity index (χ4n) is 1.43. The molecule has 0 radical (unpaired) electrons. The second-order valence-electron chi connectivity index (χ2n) is 3.72. The van der Waals surface area contributed by atoms with Crippen LogP contribution in [0, 0.1) is 0 Å². The molecule has 0 heterocycles. The van der Waals surface area contributed by atoms with Crippen LogP contribution in [0.25, 0.3) is 0 Å². The van der Waals surface area contributed by atoms with Crippen molar-refractivity contribution in [2.45, 2.75) is 6.42 Å². The molecule has 0 amide bonds. The molecule has 0 unspecified atom stereocenters. The summed E-state index contributed by atoms with van der Waals surface area (Å²) < 4.78 is 21.4. The molecule has 0 aliphatic carbocycles. The van der Waals surface area contributed by atoms with Gasteiger partial charge < -0.3 is 16.2 Å². The Morgan fingerprint density at radius 3 is 2.61 bits per heavy atom. The number of para-hydroxylation sites is 1. The molecule has 1 rings (SSSR count). The number of primary sulfonamides is 1. The number of nitrogen functional groups attached to an aromatic ring is 1. The van der Waals surface area contributed by atoms with Crippen LogP contribution in [-0.2, 0) is 10.0 Å². The average Bonchev–Trinajstić information content (AvgIpc) is 2.24. The summed E-state index contributed by atoms with van der Waals surface area (Å²) in [4.78, 5) is 11.0. The SMILES string of the molecule is Nc1cccc(C(=O)O)c1NCCCS(N)(=O)=O. The average molecular weight is 273 g/mol. The van der Waals surface area contributed by atoms with Crippen molar-refractivity contribution in [3.63, 3.8) is 0 Å². The van der Waals surface area contributed by atoms with Crippen molar-refractivity contribution in [1.29, 1.82) is 0 Å². The highest BCUT2D eigenvalue weighted by Gasteiger charge is 2.12. The first-order chi connectivity index (χ1) is 8.31. The van der Waals surface area contributed by atoms with Crippen LogP contribution in [0.15, 0.2) is 18.2 Å². The molecule has 1 aromatic carbocycles. The monoisotopic (exact) mass is 273 g/mol. The standard InChI is InChI=1S/C10H15N3O4S/c11-8-4-1-3-7(10(14)15)9(8)13-5-2-6-18(12,16)17/h1,3-4,13H,2,5-6,11H2,(H,14,15)(H2,12,16,17). The van der Waals surface area contributed by atoms with Crippen LogP contribution in [0.1, 0.15) is 16.8 Å². The quantitative estimate of drug-likeness (QED) is 0.427. The molecular weight excluding hydrogens is 258 g/mol. The molecule has 0 saturated heterocycles. The number of rotatable bonds is 6. The molecule has 1 aromatic rings.